The van der Waals surface area contributed by atoms with Crippen LogP contribution in [0, 0.1) is 0 Å². The standard InChI is InChI=1S/C46H59ClN8O6/c1-30-26-38(56)42-41(30)43(51-29-50-42)53-22-24-54(25-23-53)45(60)35(32-13-15-33(47)16-14-32)27-48-21-19-39(57)49-20-8-6-4-2-3-5-7-10-31-11-9-12-34-36(31)28-55(46(34)61)37-17-18-40(58)52-44(37)59/h9,11-16,29-30,35,37-38,48,56H,2-8,10,17-28H2,1H3,(H,49,57)(H,52,58,59)/t30-,35-,37?,38-/m1/s1. The Bertz CT molecular complexity index is 2060. The second-order valence-corrected chi connectivity index (χ2v) is 17.4. The number of nitrogens with zero attached hydrogens (tertiary/aromatic N) is 5. The van der Waals surface area contributed by atoms with Crippen molar-refractivity contribution in [3.63, 3.8) is 0 Å². The first-order valence-corrected chi connectivity index (χ1v) is 22.5. The Morgan fingerprint density at radius 3 is 2.43 bits per heavy atom. The van der Waals surface area contributed by atoms with Crippen LogP contribution in [0.2, 0.25) is 5.02 Å². The summed E-state index contributed by atoms with van der Waals surface area (Å²) in [5.74, 6) is -0.166. The fourth-order valence-corrected chi connectivity index (χ4v) is 9.45. The third kappa shape index (κ3) is 10.8. The molecule has 5 amide bonds. The van der Waals surface area contributed by atoms with E-state index >= 15 is 0 Å². The van der Waals surface area contributed by atoms with Crippen LogP contribution in [-0.4, -0.2) is 106 Å². The summed E-state index contributed by atoms with van der Waals surface area (Å²) in [7, 11) is 0. The van der Waals surface area contributed by atoms with Crippen LogP contribution in [0.4, 0.5) is 5.82 Å². The molecule has 14 nitrogen and oxygen atoms in total. The lowest BCUT2D eigenvalue weighted by atomic mass is 9.97. The number of hydrogen-bond acceptors (Lipinski definition) is 10. The van der Waals surface area contributed by atoms with Crippen LogP contribution in [0.15, 0.2) is 48.8 Å². The number of hydrogen-bond donors (Lipinski definition) is 4. The quantitative estimate of drug-likeness (QED) is 0.0956. The largest absolute Gasteiger partial charge is 0.387 e. The van der Waals surface area contributed by atoms with Gasteiger partial charge in [-0.2, -0.15) is 0 Å². The Morgan fingerprint density at radius 2 is 1.67 bits per heavy atom. The van der Waals surface area contributed by atoms with Gasteiger partial charge in [-0.1, -0.05) is 74.9 Å². The van der Waals surface area contributed by atoms with Gasteiger partial charge in [0.1, 0.15) is 18.2 Å². The molecule has 2 aromatic carbocycles. The average molecular weight is 855 g/mol. The number of carbonyl (C=O) groups is 5. The molecule has 4 atom stereocenters. The zero-order valence-corrected chi connectivity index (χ0v) is 35.9. The van der Waals surface area contributed by atoms with Gasteiger partial charge in [0.25, 0.3) is 5.91 Å². The van der Waals surface area contributed by atoms with Crippen molar-refractivity contribution in [3.8, 4) is 0 Å². The number of fused-ring (bicyclic) bond motifs is 2. The Kier molecular flexibility index (Phi) is 15.0. The number of rotatable bonds is 19. The first-order valence-electron chi connectivity index (χ1n) is 22.1. The highest BCUT2D eigenvalue weighted by Crippen LogP contribution is 2.43. The van der Waals surface area contributed by atoms with E-state index in [9.17, 15) is 29.1 Å². The van der Waals surface area contributed by atoms with Crippen molar-refractivity contribution in [2.75, 3.05) is 50.7 Å². The number of aliphatic hydroxyl groups excluding tert-OH is 1. The van der Waals surface area contributed by atoms with E-state index in [2.05, 4.69) is 43.8 Å². The number of imide groups is 1. The van der Waals surface area contributed by atoms with Crippen LogP contribution >= 0.6 is 11.6 Å². The normalized spacial score (nSPS) is 20.4. The molecule has 1 aliphatic carbocycles. The van der Waals surface area contributed by atoms with E-state index in [1.165, 1.54) is 6.33 Å². The summed E-state index contributed by atoms with van der Waals surface area (Å²) in [5.41, 5.74) is 5.44. The number of unbranched alkanes of at least 4 members (excludes halogenated alkanes) is 6. The topological polar surface area (TPSA) is 177 Å². The van der Waals surface area contributed by atoms with E-state index in [0.29, 0.717) is 87.9 Å². The van der Waals surface area contributed by atoms with Crippen LogP contribution in [-0.2, 0) is 32.1 Å². The molecule has 2 saturated heterocycles. The third-order valence-corrected chi connectivity index (χ3v) is 13.0. The van der Waals surface area contributed by atoms with E-state index in [0.717, 1.165) is 79.4 Å². The molecule has 4 aliphatic rings. The molecule has 61 heavy (non-hydrogen) atoms. The Hall–Kier alpha value is -4.92. The molecule has 4 N–H and O–H groups in total. The van der Waals surface area contributed by atoms with Crippen molar-refractivity contribution in [1.29, 1.82) is 0 Å². The maximum atomic E-state index is 14.0. The number of amides is 5. The molecule has 1 aromatic heterocycles. The predicted molar refractivity (Wildman–Crippen MR) is 232 cm³/mol. The number of benzene rings is 2. The third-order valence-electron chi connectivity index (χ3n) is 12.7. The number of nitrogens with one attached hydrogen (secondary N) is 3. The van der Waals surface area contributed by atoms with Gasteiger partial charge in [-0.15, -0.1) is 0 Å². The molecule has 0 radical (unpaired) electrons. The number of anilines is 1. The molecule has 1 unspecified atom stereocenters. The Labute approximate surface area is 363 Å². The first-order chi connectivity index (χ1) is 29.6. The van der Waals surface area contributed by atoms with Gasteiger partial charge in [0.05, 0.1) is 17.7 Å². The Morgan fingerprint density at radius 1 is 0.934 bits per heavy atom. The summed E-state index contributed by atoms with van der Waals surface area (Å²) in [5, 5.41) is 19.8. The van der Waals surface area contributed by atoms with Crippen LogP contribution < -0.4 is 20.9 Å². The minimum Gasteiger partial charge on any atom is -0.387 e. The van der Waals surface area contributed by atoms with Gasteiger partial charge in [-0.25, -0.2) is 9.97 Å². The van der Waals surface area contributed by atoms with Gasteiger partial charge >= 0.3 is 0 Å². The number of piperidine rings is 1. The van der Waals surface area contributed by atoms with E-state index in [1.807, 2.05) is 29.2 Å². The van der Waals surface area contributed by atoms with Gasteiger partial charge in [0.15, 0.2) is 0 Å². The summed E-state index contributed by atoms with van der Waals surface area (Å²) >= 11 is 6.19. The van der Waals surface area contributed by atoms with Gasteiger partial charge in [-0.05, 0) is 72.9 Å². The maximum Gasteiger partial charge on any atom is 0.255 e. The number of aromatic nitrogens is 2. The highest BCUT2D eigenvalue weighted by atomic mass is 35.5. The fourth-order valence-electron chi connectivity index (χ4n) is 9.33. The summed E-state index contributed by atoms with van der Waals surface area (Å²) in [6.45, 7) is 6.38. The van der Waals surface area contributed by atoms with Crippen LogP contribution in [0.5, 0.6) is 0 Å². The highest BCUT2D eigenvalue weighted by Gasteiger charge is 2.40. The molecule has 3 aliphatic heterocycles. The molecule has 15 heteroatoms. The van der Waals surface area contributed by atoms with E-state index in [4.69, 9.17) is 11.6 Å². The number of halogens is 1. The molecule has 326 valence electrons. The molecule has 3 aromatic rings. The molecule has 7 rings (SSSR count). The smallest absolute Gasteiger partial charge is 0.255 e. The molecule has 4 heterocycles. The van der Waals surface area contributed by atoms with Gasteiger partial charge in [0.2, 0.25) is 23.6 Å². The lowest BCUT2D eigenvalue weighted by Gasteiger charge is -2.38. The minimum atomic E-state index is -0.598. The highest BCUT2D eigenvalue weighted by molar-refractivity contribution is 6.30. The second kappa shape index (κ2) is 20.8. The van der Waals surface area contributed by atoms with Crippen LogP contribution in [0.25, 0.3) is 0 Å². The van der Waals surface area contributed by atoms with Crippen LogP contribution in [0.3, 0.4) is 0 Å². The molecular weight excluding hydrogens is 796 g/mol. The maximum absolute atomic E-state index is 14.0. The van der Waals surface area contributed by atoms with Gasteiger partial charge < -0.3 is 30.4 Å². The number of carbonyl (C=O) groups excluding carboxylic acids is 5. The fraction of sp³-hybridized carbons (Fsp3) is 0.543. The lowest BCUT2D eigenvalue weighted by molar-refractivity contribution is -0.137. The van der Waals surface area contributed by atoms with Crippen molar-refractivity contribution >= 4 is 47.0 Å². The van der Waals surface area contributed by atoms with Crippen molar-refractivity contribution < 1.29 is 29.1 Å². The zero-order chi connectivity index (χ0) is 42.9. The average Bonchev–Trinajstić information content (AvgIpc) is 3.75. The second-order valence-electron chi connectivity index (χ2n) is 16.9. The van der Waals surface area contributed by atoms with E-state index in [-0.39, 0.29) is 41.9 Å². The summed E-state index contributed by atoms with van der Waals surface area (Å²) in [4.78, 5) is 78.4. The molecule has 0 saturated carbocycles. The number of piperazine rings is 1. The van der Waals surface area contributed by atoms with Gasteiger partial charge in [-0.3, -0.25) is 29.3 Å². The number of aryl methyl sites for hydroxylation is 1. The SMILES string of the molecule is C[C@@H]1C[C@@H](O)c2ncnc(N3CCN(C(=O)[C@H](CNCCC(=O)NCCCCCCCCCc4cccc5c4CN(C4CCC(=O)NC4=O)C5=O)c4ccc(Cl)cc4)CC3)c21. The molecule has 2 fully saturated rings. The molecule has 0 bridgehead atoms. The first kappa shape index (κ1) is 44.1. The minimum absolute atomic E-state index is 0.00892. The lowest BCUT2D eigenvalue weighted by Crippen LogP contribution is -2.52. The van der Waals surface area contributed by atoms with Crippen molar-refractivity contribution in [2.45, 2.75) is 114 Å². The molecular formula is C46H59ClN8O6. The zero-order valence-electron chi connectivity index (χ0n) is 35.2. The van der Waals surface area contributed by atoms with Crippen molar-refractivity contribution in [3.05, 3.63) is 87.3 Å². The monoisotopic (exact) mass is 854 g/mol. The van der Waals surface area contributed by atoms with E-state index in [1.54, 1.807) is 17.0 Å². The van der Waals surface area contributed by atoms with Gasteiger partial charge in [0, 0.05) is 81.3 Å². The van der Waals surface area contributed by atoms with E-state index < -0.39 is 18.1 Å². The summed E-state index contributed by atoms with van der Waals surface area (Å²) in [6, 6.07) is 12.6. The molecule has 0 spiro atoms. The Balaban J connectivity index is 0.759. The predicted octanol–water partition coefficient (Wildman–Crippen LogP) is 4.93. The van der Waals surface area contributed by atoms with Crippen LogP contribution in [0.1, 0.15) is 134 Å². The summed E-state index contributed by atoms with van der Waals surface area (Å²) in [6.07, 6.45) is 10.9. The van der Waals surface area contributed by atoms with Crippen molar-refractivity contribution in [1.82, 2.24) is 35.7 Å². The summed E-state index contributed by atoms with van der Waals surface area (Å²) < 4.78 is 0. The van der Waals surface area contributed by atoms with Crippen molar-refractivity contribution in [2.24, 2.45) is 0 Å². The number of aliphatic hydroxyl groups is 1.